The smallest absolute Gasteiger partial charge is 0.0286 e. The minimum Gasteiger partial charge on any atom is -0.0710 e. The summed E-state index contributed by atoms with van der Waals surface area (Å²) in [7, 11) is 0. The van der Waals surface area contributed by atoms with Crippen LogP contribution in [0.25, 0.3) is 0 Å². The van der Waals surface area contributed by atoms with Gasteiger partial charge in [-0.2, -0.15) is 0 Å². The third-order valence-electron chi connectivity index (χ3n) is 6.11. The molecule has 0 amide bonds. The van der Waals surface area contributed by atoms with Gasteiger partial charge in [0.25, 0.3) is 0 Å². The van der Waals surface area contributed by atoms with E-state index in [-0.39, 0.29) is 0 Å². The molecule has 0 spiro atoms. The molecule has 0 heteroatoms. The zero-order valence-corrected chi connectivity index (χ0v) is 12.2. The highest BCUT2D eigenvalue weighted by Crippen LogP contribution is 2.46. The van der Waals surface area contributed by atoms with Gasteiger partial charge in [-0.3, -0.25) is 0 Å². The van der Waals surface area contributed by atoms with Gasteiger partial charge >= 0.3 is 0 Å². The Balaban J connectivity index is 1.64. The number of allylic oxidation sites excluding steroid dienone is 2. The zero-order valence-electron chi connectivity index (χ0n) is 12.2. The first-order chi connectivity index (χ1) is 8.86. The molecule has 0 radical (unpaired) electrons. The second-order valence-electron chi connectivity index (χ2n) is 7.12. The number of hydrogen-bond donors (Lipinski definition) is 0. The molecule has 0 nitrogen and oxygen atoms in total. The van der Waals surface area contributed by atoms with Gasteiger partial charge < -0.3 is 0 Å². The molecular formula is C18H30. The molecule has 0 heterocycles. The van der Waals surface area contributed by atoms with E-state index >= 15 is 0 Å². The van der Waals surface area contributed by atoms with Crippen molar-refractivity contribution in [2.45, 2.75) is 84.0 Å². The molecule has 3 fully saturated rings. The third kappa shape index (κ3) is 2.68. The van der Waals surface area contributed by atoms with Gasteiger partial charge in [-0.05, 0) is 75.5 Å². The lowest BCUT2D eigenvalue weighted by Gasteiger charge is -2.41. The van der Waals surface area contributed by atoms with Gasteiger partial charge in [-0.15, -0.1) is 0 Å². The van der Waals surface area contributed by atoms with Crippen LogP contribution in [0.15, 0.2) is 11.1 Å². The summed E-state index contributed by atoms with van der Waals surface area (Å²) < 4.78 is 0. The molecule has 102 valence electrons. The maximum Gasteiger partial charge on any atom is -0.0286 e. The minimum absolute atomic E-state index is 1.06. The summed E-state index contributed by atoms with van der Waals surface area (Å²) >= 11 is 0. The molecule has 0 N–H and O–H groups in total. The molecule has 3 saturated carbocycles. The molecule has 18 heavy (non-hydrogen) atoms. The van der Waals surface area contributed by atoms with Crippen molar-refractivity contribution >= 4 is 0 Å². The summed E-state index contributed by atoms with van der Waals surface area (Å²) in [6, 6.07) is 0. The Kier molecular flexibility index (Phi) is 4.11. The highest BCUT2D eigenvalue weighted by atomic mass is 14.4. The van der Waals surface area contributed by atoms with E-state index in [1.165, 1.54) is 64.2 Å². The molecule has 3 atom stereocenters. The van der Waals surface area contributed by atoms with Gasteiger partial charge in [0.1, 0.15) is 0 Å². The molecule has 0 aromatic heterocycles. The van der Waals surface area contributed by atoms with E-state index in [1.54, 1.807) is 12.8 Å². The topological polar surface area (TPSA) is 0 Å². The maximum absolute atomic E-state index is 2.39. The molecule has 0 bridgehead atoms. The lowest BCUT2D eigenvalue weighted by molar-refractivity contribution is 0.147. The van der Waals surface area contributed by atoms with Crippen LogP contribution in [0, 0.1) is 17.8 Å². The van der Waals surface area contributed by atoms with Gasteiger partial charge in [-0.25, -0.2) is 0 Å². The van der Waals surface area contributed by atoms with Crippen molar-refractivity contribution in [3.8, 4) is 0 Å². The van der Waals surface area contributed by atoms with Gasteiger partial charge in [-0.1, -0.05) is 37.3 Å². The fourth-order valence-corrected chi connectivity index (χ4v) is 4.85. The molecule has 0 aromatic rings. The fourth-order valence-electron chi connectivity index (χ4n) is 4.85. The Hall–Kier alpha value is -0.260. The van der Waals surface area contributed by atoms with E-state index in [2.05, 4.69) is 6.92 Å². The quantitative estimate of drug-likeness (QED) is 0.507. The molecule has 0 aromatic carbocycles. The Bertz CT molecular complexity index is 304. The average Bonchev–Trinajstić information content (AvgIpc) is 2.47. The van der Waals surface area contributed by atoms with Crippen molar-refractivity contribution < 1.29 is 0 Å². The van der Waals surface area contributed by atoms with E-state index in [1.807, 2.05) is 11.1 Å². The number of rotatable bonds is 1. The normalized spacial score (nSPS) is 37.5. The Morgan fingerprint density at radius 3 is 2.44 bits per heavy atom. The highest BCUT2D eigenvalue weighted by molar-refractivity contribution is 5.19. The van der Waals surface area contributed by atoms with E-state index in [4.69, 9.17) is 0 Å². The van der Waals surface area contributed by atoms with Crippen molar-refractivity contribution in [3.05, 3.63) is 11.1 Å². The van der Waals surface area contributed by atoms with Crippen molar-refractivity contribution in [1.82, 2.24) is 0 Å². The number of fused-ring (bicyclic) bond motifs is 1. The van der Waals surface area contributed by atoms with Gasteiger partial charge in [0.05, 0.1) is 0 Å². The lowest BCUT2D eigenvalue weighted by Crippen LogP contribution is -2.28. The Labute approximate surface area is 113 Å². The molecule has 0 aliphatic heterocycles. The van der Waals surface area contributed by atoms with Crippen LogP contribution in [0.5, 0.6) is 0 Å². The van der Waals surface area contributed by atoms with Crippen LogP contribution in [0.1, 0.15) is 84.0 Å². The zero-order chi connectivity index (χ0) is 12.4. The monoisotopic (exact) mass is 246 g/mol. The fraction of sp³-hybridized carbons (Fsp3) is 0.889. The van der Waals surface area contributed by atoms with Gasteiger partial charge in [0.2, 0.25) is 0 Å². The molecule has 3 aliphatic carbocycles. The van der Waals surface area contributed by atoms with Crippen molar-refractivity contribution in [2.24, 2.45) is 17.8 Å². The van der Waals surface area contributed by atoms with Crippen LogP contribution in [0.2, 0.25) is 0 Å². The molecule has 0 saturated heterocycles. The summed E-state index contributed by atoms with van der Waals surface area (Å²) in [4.78, 5) is 0. The Morgan fingerprint density at radius 2 is 1.67 bits per heavy atom. The minimum atomic E-state index is 1.06. The van der Waals surface area contributed by atoms with Crippen LogP contribution < -0.4 is 0 Å². The lowest BCUT2D eigenvalue weighted by atomic mass is 9.65. The highest BCUT2D eigenvalue weighted by Gasteiger charge is 2.33. The molecule has 3 rings (SSSR count). The predicted octanol–water partition coefficient (Wildman–Crippen LogP) is 5.87. The molecular weight excluding hydrogens is 216 g/mol. The largest absolute Gasteiger partial charge is 0.0710 e. The summed E-state index contributed by atoms with van der Waals surface area (Å²) in [5.74, 6) is 3.23. The second-order valence-corrected chi connectivity index (χ2v) is 7.12. The summed E-state index contributed by atoms with van der Waals surface area (Å²) in [5, 5.41) is 0. The van der Waals surface area contributed by atoms with Gasteiger partial charge in [0, 0.05) is 0 Å². The third-order valence-corrected chi connectivity index (χ3v) is 6.11. The van der Waals surface area contributed by atoms with Crippen LogP contribution in [0.3, 0.4) is 0 Å². The summed E-state index contributed by atoms with van der Waals surface area (Å²) in [6.45, 7) is 2.39. The SMILES string of the molecule is CCC1CCC2CC(=C3CCCCC3)CCC2C1. The first-order valence-corrected chi connectivity index (χ1v) is 8.56. The van der Waals surface area contributed by atoms with Crippen LogP contribution in [-0.4, -0.2) is 0 Å². The Morgan fingerprint density at radius 1 is 0.833 bits per heavy atom. The predicted molar refractivity (Wildman–Crippen MR) is 78.6 cm³/mol. The maximum atomic E-state index is 2.39. The summed E-state index contributed by atoms with van der Waals surface area (Å²) in [6.07, 6.45) is 17.9. The number of hydrogen-bond acceptors (Lipinski definition) is 0. The van der Waals surface area contributed by atoms with Crippen molar-refractivity contribution in [3.63, 3.8) is 0 Å². The summed E-state index contributed by atoms with van der Waals surface area (Å²) in [5.41, 5.74) is 3.82. The average molecular weight is 246 g/mol. The standard InChI is InChI=1S/C18H30/c1-2-14-8-9-18-13-17(11-10-16(18)12-14)15-6-4-3-5-7-15/h14,16,18H,2-13H2,1H3. The van der Waals surface area contributed by atoms with Crippen LogP contribution >= 0.6 is 0 Å². The second kappa shape index (κ2) is 5.80. The first kappa shape index (κ1) is 12.8. The van der Waals surface area contributed by atoms with Crippen molar-refractivity contribution in [1.29, 1.82) is 0 Å². The van der Waals surface area contributed by atoms with E-state index in [0.717, 1.165) is 17.8 Å². The van der Waals surface area contributed by atoms with Crippen LogP contribution in [0.4, 0.5) is 0 Å². The molecule has 3 unspecified atom stereocenters. The van der Waals surface area contributed by atoms with Gasteiger partial charge in [0.15, 0.2) is 0 Å². The van der Waals surface area contributed by atoms with E-state index in [9.17, 15) is 0 Å². The van der Waals surface area contributed by atoms with E-state index < -0.39 is 0 Å². The first-order valence-electron chi connectivity index (χ1n) is 8.56. The molecule has 3 aliphatic rings. The van der Waals surface area contributed by atoms with Crippen LogP contribution in [-0.2, 0) is 0 Å². The van der Waals surface area contributed by atoms with Crippen molar-refractivity contribution in [2.75, 3.05) is 0 Å². The van der Waals surface area contributed by atoms with E-state index in [0.29, 0.717) is 0 Å².